The van der Waals surface area contributed by atoms with Crippen LogP contribution in [0.4, 0.5) is 0 Å². The molecule has 2 aromatic heterocycles. The number of nitrogens with zero attached hydrogens (tertiary/aromatic N) is 1. The number of hydrogen-bond donors (Lipinski definition) is 0. The molecule has 0 fully saturated rings. The van der Waals surface area contributed by atoms with Crippen LogP contribution in [-0.4, -0.2) is 57.6 Å². The van der Waals surface area contributed by atoms with Gasteiger partial charge >= 0.3 is 0 Å². The van der Waals surface area contributed by atoms with Gasteiger partial charge in [-0.05, 0) is 76.7 Å². The second-order valence-corrected chi connectivity index (χ2v) is 11.4. The van der Waals surface area contributed by atoms with Crippen molar-refractivity contribution in [3.8, 4) is 22.6 Å². The lowest BCUT2D eigenvalue weighted by Crippen LogP contribution is -2.31. The Morgan fingerprint density at radius 2 is 1.25 bits per heavy atom. The van der Waals surface area contributed by atoms with Crippen molar-refractivity contribution >= 4 is 49.8 Å². The van der Waals surface area contributed by atoms with Crippen LogP contribution in [0.3, 0.4) is 0 Å². The number of benzene rings is 5. The summed E-state index contributed by atoms with van der Waals surface area (Å²) >= 11 is 0. The van der Waals surface area contributed by atoms with E-state index in [1.807, 2.05) is 42.5 Å². The van der Waals surface area contributed by atoms with E-state index >= 15 is 0 Å². The lowest BCUT2D eigenvalue weighted by Gasteiger charge is -2.14. The van der Waals surface area contributed by atoms with Gasteiger partial charge in [0.15, 0.2) is 0 Å². The number of fused-ring (bicyclic) bond motifs is 2. The highest BCUT2D eigenvalue weighted by Gasteiger charge is 2.20. The summed E-state index contributed by atoms with van der Waals surface area (Å²) in [7, 11) is 1.64. The Morgan fingerprint density at radius 3 is 1.96 bits per heavy atom. The number of pyridine rings is 1. The molecule has 0 aliphatic rings. The smallest absolute Gasteiger partial charge is 0.265 e. The maximum absolute atomic E-state index is 13.8. The molecule has 0 atom stereocenters. The van der Waals surface area contributed by atoms with E-state index in [9.17, 15) is 14.4 Å². The van der Waals surface area contributed by atoms with E-state index in [1.54, 1.807) is 49.6 Å². The molecule has 0 aliphatic carbocycles. The summed E-state index contributed by atoms with van der Waals surface area (Å²) in [4.78, 5) is 38.5. The molecule has 0 amide bonds. The van der Waals surface area contributed by atoms with E-state index in [1.165, 1.54) is 4.57 Å². The second kappa shape index (κ2) is 13.8. The second-order valence-electron chi connectivity index (χ2n) is 11.4. The van der Waals surface area contributed by atoms with Crippen LogP contribution in [0.5, 0.6) is 5.75 Å². The molecule has 0 spiro atoms. The Hall–Kier alpha value is -5.35. The van der Waals surface area contributed by atoms with Gasteiger partial charge < -0.3 is 28.2 Å². The van der Waals surface area contributed by atoms with Crippen molar-refractivity contribution in [2.24, 2.45) is 0 Å². The molecule has 5 aromatic carbocycles. The van der Waals surface area contributed by atoms with Gasteiger partial charge in [0.05, 0.1) is 38.7 Å². The van der Waals surface area contributed by atoms with Crippen LogP contribution >= 0.6 is 0 Å². The van der Waals surface area contributed by atoms with Gasteiger partial charge in [-0.1, -0.05) is 36.4 Å². The van der Waals surface area contributed by atoms with Crippen LogP contribution in [-0.2, 0) is 25.4 Å². The number of aldehydes is 1. The number of carbonyl (C=O) groups excluding carboxylic acids is 1. The van der Waals surface area contributed by atoms with Crippen LogP contribution in [0.1, 0.15) is 5.56 Å². The molecule has 0 unspecified atom stereocenters. The maximum atomic E-state index is 13.8. The molecule has 9 heteroatoms. The Balaban J connectivity index is 1.18. The van der Waals surface area contributed by atoms with Crippen molar-refractivity contribution in [3.05, 3.63) is 117 Å². The monoisotopic (exact) mass is 643 g/mol. The minimum atomic E-state index is -0.403. The predicted molar refractivity (Wildman–Crippen MR) is 186 cm³/mol. The first-order valence-electron chi connectivity index (χ1n) is 15.8. The van der Waals surface area contributed by atoms with E-state index in [4.69, 9.17) is 23.4 Å². The average Bonchev–Trinajstić information content (AvgIpc) is 3.11. The van der Waals surface area contributed by atoms with Gasteiger partial charge in [0.2, 0.25) is 0 Å². The first-order valence-corrected chi connectivity index (χ1v) is 15.8. The van der Waals surface area contributed by atoms with Crippen molar-refractivity contribution in [1.82, 2.24) is 4.57 Å². The molecule has 7 aromatic rings. The Labute approximate surface area is 275 Å². The summed E-state index contributed by atoms with van der Waals surface area (Å²) < 4.78 is 29.3. The van der Waals surface area contributed by atoms with Crippen molar-refractivity contribution in [1.29, 1.82) is 0 Å². The van der Waals surface area contributed by atoms with E-state index in [2.05, 4.69) is 6.07 Å². The minimum absolute atomic E-state index is 0.266. The zero-order valence-electron chi connectivity index (χ0n) is 26.4. The summed E-state index contributed by atoms with van der Waals surface area (Å²) in [6.07, 6.45) is 1.09. The van der Waals surface area contributed by atoms with Crippen molar-refractivity contribution in [2.75, 3.05) is 46.8 Å². The van der Waals surface area contributed by atoms with Gasteiger partial charge in [-0.3, -0.25) is 9.59 Å². The number of hydrogen-bond acceptors (Lipinski definition) is 8. The highest BCUT2D eigenvalue weighted by Crippen LogP contribution is 2.38. The summed E-state index contributed by atoms with van der Waals surface area (Å²) in [6, 6.07) is 28.0. The molecule has 0 radical (unpaired) electrons. The molecule has 0 N–H and O–H groups in total. The van der Waals surface area contributed by atoms with Crippen LogP contribution in [0.15, 0.2) is 105 Å². The Kier molecular flexibility index (Phi) is 8.98. The first-order chi connectivity index (χ1) is 23.6. The van der Waals surface area contributed by atoms with Crippen LogP contribution in [0.2, 0.25) is 0 Å². The number of aromatic nitrogens is 1. The number of carbonyl (C=O) groups is 1. The fourth-order valence-electron chi connectivity index (χ4n) is 6.13. The quantitative estimate of drug-likeness (QED) is 0.0588. The highest BCUT2D eigenvalue weighted by molar-refractivity contribution is 6.26. The zero-order chi connectivity index (χ0) is 33.0. The number of rotatable bonds is 14. The number of ether oxygens (including phenoxy) is 4. The van der Waals surface area contributed by atoms with Crippen LogP contribution in [0, 0.1) is 0 Å². The summed E-state index contributed by atoms with van der Waals surface area (Å²) in [5.41, 5.74) is 3.74. The van der Waals surface area contributed by atoms with Gasteiger partial charge in [-0.25, -0.2) is 4.57 Å². The summed E-state index contributed by atoms with van der Waals surface area (Å²) in [5.74, 6) is 0.744. The standard InChI is InChI=1S/C39H33NO8/c1-44-18-19-45-20-21-46-22-23-47-29-9-4-26(5-10-29)27-6-14-34-33(24-27)30-11-12-31-36-32(13-15-35(48-34)37(30)36)39(43)40(38(31)42)28-7-2-25(3-8-28)16-17-41/h2-15,17,24H,16,18-23H2,1H3. The zero-order valence-corrected chi connectivity index (χ0v) is 26.4. The molecule has 0 saturated heterocycles. The molecule has 7 rings (SSSR count). The summed E-state index contributed by atoms with van der Waals surface area (Å²) in [5, 5.41) is 3.97. The maximum Gasteiger partial charge on any atom is 0.265 e. The topological polar surface area (TPSA) is 106 Å². The van der Waals surface area contributed by atoms with Crippen molar-refractivity contribution in [3.63, 3.8) is 0 Å². The normalized spacial score (nSPS) is 11.7. The largest absolute Gasteiger partial charge is 0.491 e. The molecule has 9 nitrogen and oxygen atoms in total. The van der Waals surface area contributed by atoms with E-state index in [0.29, 0.717) is 72.7 Å². The SMILES string of the molecule is COCCOCCOCCOc1ccc(-c2ccc3oc4ccc5c(=O)n(-c6ccc(CC=O)cc6)c(=O)c6ccc(c3c2)c4c56)cc1. The lowest BCUT2D eigenvalue weighted by molar-refractivity contribution is -0.107. The summed E-state index contributed by atoms with van der Waals surface area (Å²) in [6.45, 7) is 3.02. The Bertz CT molecular complexity index is 2310. The lowest BCUT2D eigenvalue weighted by atomic mass is 9.95. The van der Waals surface area contributed by atoms with Gasteiger partial charge in [0, 0.05) is 40.5 Å². The van der Waals surface area contributed by atoms with Gasteiger partial charge in [0.25, 0.3) is 11.1 Å². The first kappa shape index (κ1) is 31.3. The average molecular weight is 644 g/mol. The predicted octanol–water partition coefficient (Wildman–Crippen LogP) is 6.31. The van der Waals surface area contributed by atoms with E-state index < -0.39 is 11.1 Å². The third kappa shape index (κ3) is 5.95. The third-order valence-electron chi connectivity index (χ3n) is 8.48. The molecule has 0 saturated carbocycles. The molecule has 0 aliphatic heterocycles. The number of methoxy groups -OCH3 is 1. The van der Waals surface area contributed by atoms with Crippen LogP contribution in [0.25, 0.3) is 60.3 Å². The molecular weight excluding hydrogens is 610 g/mol. The van der Waals surface area contributed by atoms with E-state index in [-0.39, 0.29) is 6.42 Å². The van der Waals surface area contributed by atoms with Crippen molar-refractivity contribution < 1.29 is 28.2 Å². The highest BCUT2D eigenvalue weighted by atomic mass is 16.6. The molecule has 2 heterocycles. The minimum Gasteiger partial charge on any atom is -0.491 e. The van der Waals surface area contributed by atoms with Gasteiger partial charge in [-0.2, -0.15) is 0 Å². The molecular formula is C39H33NO8. The van der Waals surface area contributed by atoms with Gasteiger partial charge in [-0.15, -0.1) is 0 Å². The van der Waals surface area contributed by atoms with Crippen molar-refractivity contribution in [2.45, 2.75) is 6.42 Å². The van der Waals surface area contributed by atoms with Gasteiger partial charge in [0.1, 0.15) is 29.8 Å². The molecule has 0 bridgehead atoms. The van der Waals surface area contributed by atoms with E-state index in [0.717, 1.165) is 44.9 Å². The molecule has 242 valence electrons. The fourth-order valence-corrected chi connectivity index (χ4v) is 6.13. The molecule has 48 heavy (non-hydrogen) atoms. The third-order valence-corrected chi connectivity index (χ3v) is 8.48. The fraction of sp³-hybridized carbons (Fsp3) is 0.205. The van der Waals surface area contributed by atoms with Crippen LogP contribution < -0.4 is 15.9 Å². The Morgan fingerprint density at radius 1 is 0.625 bits per heavy atom.